The highest BCUT2D eigenvalue weighted by atomic mass is 19.4. The predicted octanol–water partition coefficient (Wildman–Crippen LogP) is 3.60. The molecule has 4 aromatic rings. The quantitative estimate of drug-likeness (QED) is 0.122. The molecular formula is C36H38F3N3O8. The number of aryl methyl sites for hydroxylation is 1. The summed E-state index contributed by atoms with van der Waals surface area (Å²) < 4.78 is 55.6. The van der Waals surface area contributed by atoms with Gasteiger partial charge in [0.2, 0.25) is 0 Å². The molecule has 0 aliphatic carbocycles. The number of aromatic nitrogens is 2. The molecule has 1 unspecified atom stereocenters. The number of amides is 1. The Bertz CT molecular complexity index is 1810. The first-order valence-electron chi connectivity index (χ1n) is 16.0. The third-order valence-corrected chi connectivity index (χ3v) is 8.98. The smallest absolute Gasteiger partial charge is 0.471 e. The summed E-state index contributed by atoms with van der Waals surface area (Å²) >= 11 is 0. The molecule has 0 saturated carbocycles. The number of nitrogens with zero attached hydrogens (tertiary/aromatic N) is 1. The van der Waals surface area contributed by atoms with Gasteiger partial charge in [-0.2, -0.15) is 13.2 Å². The van der Waals surface area contributed by atoms with Crippen LogP contribution in [0.3, 0.4) is 0 Å². The molecule has 1 aliphatic rings. The lowest BCUT2D eigenvalue weighted by Crippen LogP contribution is -2.51. The van der Waals surface area contributed by atoms with E-state index in [0.29, 0.717) is 28.2 Å². The maximum atomic E-state index is 13.0. The molecule has 1 aromatic heterocycles. The zero-order chi connectivity index (χ0) is 36.1. The first-order chi connectivity index (χ1) is 23.9. The van der Waals surface area contributed by atoms with E-state index in [2.05, 4.69) is 4.98 Å². The van der Waals surface area contributed by atoms with Crippen molar-refractivity contribution in [2.75, 3.05) is 20.8 Å². The summed E-state index contributed by atoms with van der Waals surface area (Å²) in [5.74, 6) is -0.860. The van der Waals surface area contributed by atoms with Gasteiger partial charge in [0, 0.05) is 24.7 Å². The van der Waals surface area contributed by atoms with Gasteiger partial charge in [-0.1, -0.05) is 54.6 Å². The van der Waals surface area contributed by atoms with Gasteiger partial charge in [-0.05, 0) is 60.2 Å². The molecule has 50 heavy (non-hydrogen) atoms. The average Bonchev–Trinajstić information content (AvgIpc) is 3.50. The fraction of sp³-hybridized carbons (Fsp3) is 0.361. The Labute approximate surface area is 285 Å². The zero-order valence-corrected chi connectivity index (χ0v) is 27.4. The molecule has 266 valence electrons. The van der Waals surface area contributed by atoms with Gasteiger partial charge in [-0.25, -0.2) is 4.79 Å². The fourth-order valence-electron chi connectivity index (χ4n) is 6.46. The predicted molar refractivity (Wildman–Crippen MR) is 176 cm³/mol. The number of carbonyl (C=O) groups is 1. The normalized spacial score (nSPS) is 18.4. The summed E-state index contributed by atoms with van der Waals surface area (Å²) in [7, 11) is 3.09. The first-order valence-corrected chi connectivity index (χ1v) is 16.0. The summed E-state index contributed by atoms with van der Waals surface area (Å²) in [5, 5.41) is 25.8. The molecule has 1 amide bonds. The lowest BCUT2D eigenvalue weighted by molar-refractivity contribution is -0.173. The minimum Gasteiger partial charge on any atom is -0.497 e. The number of halogens is 3. The van der Waals surface area contributed by atoms with E-state index in [0.717, 1.165) is 4.57 Å². The Morgan fingerprint density at radius 2 is 1.50 bits per heavy atom. The highest BCUT2D eigenvalue weighted by Crippen LogP contribution is 2.47. The van der Waals surface area contributed by atoms with Gasteiger partial charge in [-0.15, -0.1) is 0 Å². The van der Waals surface area contributed by atoms with Crippen LogP contribution in [0.2, 0.25) is 0 Å². The molecule has 2 heterocycles. The van der Waals surface area contributed by atoms with E-state index in [4.69, 9.17) is 14.2 Å². The molecule has 3 aromatic carbocycles. The monoisotopic (exact) mass is 697 g/mol. The maximum absolute atomic E-state index is 13.0. The van der Waals surface area contributed by atoms with Crippen molar-refractivity contribution in [3.05, 3.63) is 128 Å². The van der Waals surface area contributed by atoms with Crippen molar-refractivity contribution in [3.8, 4) is 11.5 Å². The number of aromatic amines is 1. The van der Waals surface area contributed by atoms with Crippen molar-refractivity contribution < 1.29 is 42.4 Å². The van der Waals surface area contributed by atoms with Crippen LogP contribution in [-0.2, 0) is 21.4 Å². The second-order valence-electron chi connectivity index (χ2n) is 12.0. The number of aliphatic hydroxyl groups excluding tert-OH is 2. The number of rotatable bonds is 13. The number of benzene rings is 3. The average molecular weight is 698 g/mol. The van der Waals surface area contributed by atoms with E-state index < -0.39 is 53.3 Å². The Morgan fingerprint density at radius 3 is 2.04 bits per heavy atom. The van der Waals surface area contributed by atoms with Crippen molar-refractivity contribution in [2.24, 2.45) is 0 Å². The number of methoxy groups -OCH3 is 2. The SMILES string of the molecule is COc1ccc(C(c2ccccc2)(c2ccc(OC)cc2)C(O)[C@H]2O[C@@H](n3cc(CCCCNC(=O)C(F)(F)F)c(=O)[nH]c3=O)C[C@@H]2O)cc1. The van der Waals surface area contributed by atoms with Crippen LogP contribution >= 0.6 is 0 Å². The molecule has 11 nitrogen and oxygen atoms in total. The largest absolute Gasteiger partial charge is 0.497 e. The van der Waals surface area contributed by atoms with Gasteiger partial charge >= 0.3 is 17.8 Å². The van der Waals surface area contributed by atoms with Gasteiger partial charge in [0.25, 0.3) is 5.56 Å². The summed E-state index contributed by atoms with van der Waals surface area (Å²) in [6.45, 7) is -0.251. The molecule has 0 radical (unpaired) electrons. The summed E-state index contributed by atoms with van der Waals surface area (Å²) in [6, 6.07) is 23.6. The third-order valence-electron chi connectivity index (χ3n) is 8.98. The molecule has 1 fully saturated rings. The summed E-state index contributed by atoms with van der Waals surface area (Å²) in [4.78, 5) is 38.9. The van der Waals surface area contributed by atoms with E-state index in [1.54, 1.807) is 43.8 Å². The topological polar surface area (TPSA) is 152 Å². The molecule has 4 atom stereocenters. The van der Waals surface area contributed by atoms with Crippen LogP contribution in [0.1, 0.15) is 47.7 Å². The number of aliphatic hydroxyl groups is 2. The first kappa shape index (κ1) is 36.4. The number of H-pyrrole nitrogens is 1. The van der Waals surface area contributed by atoms with Crippen molar-refractivity contribution >= 4 is 5.91 Å². The zero-order valence-electron chi connectivity index (χ0n) is 27.4. The van der Waals surface area contributed by atoms with Crippen LogP contribution < -0.4 is 26.0 Å². The van der Waals surface area contributed by atoms with E-state index in [9.17, 15) is 37.8 Å². The minimum absolute atomic E-state index is 0.0882. The standard InChI is InChI=1S/C36H38F3N3O8/c1-48-26-15-11-24(12-16-26)35(23-9-4-3-5-10-23,25-13-17-27(49-2)18-14-25)31(44)30-28(43)20-29(50-30)42-21-22(32(45)41-34(42)47)8-6-7-19-40-33(46)36(37,38)39/h3-5,9-18,21,28-31,43-44H,6-8,19-20H2,1-2H3,(H,40,46)(H,41,45,47)/t28-,29+,30-,31?/m0/s1. The second-order valence-corrected chi connectivity index (χ2v) is 12.0. The van der Waals surface area contributed by atoms with Crippen LogP contribution in [0.5, 0.6) is 11.5 Å². The molecule has 5 rings (SSSR count). The molecule has 0 spiro atoms. The maximum Gasteiger partial charge on any atom is 0.471 e. The van der Waals surface area contributed by atoms with Crippen LogP contribution in [-0.4, -0.2) is 70.9 Å². The number of unbranched alkanes of at least 4 members (excludes halogenated alkanes) is 1. The number of alkyl halides is 3. The molecule has 1 aliphatic heterocycles. The lowest BCUT2D eigenvalue weighted by Gasteiger charge is -2.43. The van der Waals surface area contributed by atoms with E-state index in [1.165, 1.54) is 6.20 Å². The number of nitrogens with one attached hydrogen (secondary N) is 2. The minimum atomic E-state index is -4.99. The molecule has 1 saturated heterocycles. The van der Waals surface area contributed by atoms with Gasteiger partial charge in [0.05, 0.1) is 25.7 Å². The fourth-order valence-corrected chi connectivity index (χ4v) is 6.46. The highest BCUT2D eigenvalue weighted by molar-refractivity contribution is 5.81. The Balaban J connectivity index is 1.47. The number of hydrogen-bond donors (Lipinski definition) is 4. The summed E-state index contributed by atoms with van der Waals surface area (Å²) in [5.41, 5.74) is -0.622. The van der Waals surface area contributed by atoms with E-state index in [1.807, 2.05) is 54.6 Å². The van der Waals surface area contributed by atoms with Crippen LogP contribution in [0.25, 0.3) is 0 Å². The van der Waals surface area contributed by atoms with Crippen molar-refractivity contribution in [3.63, 3.8) is 0 Å². The Hall–Kier alpha value is -4.92. The third kappa shape index (κ3) is 7.47. The lowest BCUT2D eigenvalue weighted by atomic mass is 9.64. The van der Waals surface area contributed by atoms with Gasteiger partial charge in [-0.3, -0.25) is 19.1 Å². The van der Waals surface area contributed by atoms with Gasteiger partial charge in [0.15, 0.2) is 0 Å². The van der Waals surface area contributed by atoms with Gasteiger partial charge in [0.1, 0.15) is 29.9 Å². The summed E-state index contributed by atoms with van der Waals surface area (Å²) in [6.07, 6.45) is -8.34. The second kappa shape index (κ2) is 15.3. The number of hydrogen-bond acceptors (Lipinski definition) is 8. The van der Waals surface area contributed by atoms with Gasteiger partial charge < -0.3 is 29.7 Å². The van der Waals surface area contributed by atoms with Crippen molar-refractivity contribution in [1.82, 2.24) is 14.9 Å². The Kier molecular flexibility index (Phi) is 11.1. The van der Waals surface area contributed by atoms with Crippen molar-refractivity contribution in [1.29, 1.82) is 0 Å². The molecule has 0 bridgehead atoms. The van der Waals surface area contributed by atoms with Crippen LogP contribution in [0.15, 0.2) is 94.6 Å². The molecule has 14 heteroatoms. The Morgan fingerprint density at radius 1 is 0.940 bits per heavy atom. The molecular weight excluding hydrogens is 659 g/mol. The highest BCUT2D eigenvalue weighted by Gasteiger charge is 2.52. The van der Waals surface area contributed by atoms with Crippen LogP contribution in [0.4, 0.5) is 13.2 Å². The number of ether oxygens (including phenoxy) is 3. The van der Waals surface area contributed by atoms with E-state index in [-0.39, 0.29) is 37.8 Å². The van der Waals surface area contributed by atoms with Crippen LogP contribution in [0, 0.1) is 0 Å². The van der Waals surface area contributed by atoms with E-state index >= 15 is 0 Å². The molecule has 4 N–H and O–H groups in total. The van der Waals surface area contributed by atoms with Crippen molar-refractivity contribution in [2.45, 2.75) is 61.8 Å². The number of carbonyl (C=O) groups excluding carboxylic acids is 1.